The van der Waals surface area contributed by atoms with Crippen LogP contribution in [0.25, 0.3) is 0 Å². The van der Waals surface area contributed by atoms with Crippen LogP contribution in [0.3, 0.4) is 0 Å². The second kappa shape index (κ2) is 44.1. The van der Waals surface area contributed by atoms with Gasteiger partial charge in [0, 0.05) is 19.6 Å². The third-order valence-electron chi connectivity index (χ3n) is 9.14. The number of esters is 1. The Kier molecular flexibility index (Phi) is 42.4. The van der Waals surface area contributed by atoms with E-state index >= 15 is 0 Å². The number of allylic oxidation sites excluding steroid dienone is 12. The molecule has 0 amide bonds. The predicted octanol–water partition coefficient (Wildman–Crippen LogP) is 13.5. The number of ether oxygens (including phenoxy) is 2. The van der Waals surface area contributed by atoms with Gasteiger partial charge in [-0.15, -0.1) is 0 Å². The molecular weight excluding hydrogens is 721 g/mol. The van der Waals surface area contributed by atoms with Gasteiger partial charge in [0.15, 0.2) is 0 Å². The number of carbonyl (C=O) groups excluding carboxylic acids is 1. The number of carbonyl (C=O) groups is 1. The highest BCUT2D eigenvalue weighted by Crippen LogP contribution is 2.43. The van der Waals surface area contributed by atoms with Crippen LogP contribution in [-0.4, -0.2) is 49.9 Å². The molecule has 8 nitrogen and oxygen atoms in total. The van der Waals surface area contributed by atoms with Crippen molar-refractivity contribution in [2.75, 3.05) is 33.0 Å². The van der Waals surface area contributed by atoms with Crippen molar-refractivity contribution in [3.63, 3.8) is 0 Å². The highest BCUT2D eigenvalue weighted by atomic mass is 31.2. The molecule has 0 rings (SSSR count). The summed E-state index contributed by atoms with van der Waals surface area (Å²) < 4.78 is 33.4. The van der Waals surface area contributed by atoms with E-state index in [2.05, 4.69) is 86.8 Å². The minimum absolute atomic E-state index is 0.0943. The summed E-state index contributed by atoms with van der Waals surface area (Å²) in [7, 11) is -4.28. The van der Waals surface area contributed by atoms with Gasteiger partial charge in [0.25, 0.3) is 0 Å². The minimum atomic E-state index is -4.28. The quantitative estimate of drug-likeness (QED) is 0.0271. The van der Waals surface area contributed by atoms with Crippen molar-refractivity contribution in [1.29, 1.82) is 0 Å². The normalized spacial score (nSPS) is 14.1. The Bertz CT molecular complexity index is 1080. The standard InChI is InChI=1S/C47H84NO7P/c1-3-5-7-9-11-13-15-17-18-19-20-21-22-23-24-25-26-27-29-31-33-35-37-39-42-52-44-46(45-54-56(50,51)53-43-41-48)55-47(49)40-38-36-34-32-30-28-16-14-12-10-8-6-4-2/h5,7,11,13,17-18,20-21,23-24,26-27,46H,3-4,6,8-10,12,14-16,19,22,25,28-45,48H2,1-2H3,(H,50,51)/b7-5-,13-11-,18-17-,21-20-,24-23-,27-26-. The van der Waals surface area contributed by atoms with Crippen molar-refractivity contribution >= 4 is 13.8 Å². The average molecular weight is 806 g/mol. The van der Waals surface area contributed by atoms with Crippen molar-refractivity contribution in [1.82, 2.24) is 0 Å². The van der Waals surface area contributed by atoms with Gasteiger partial charge in [-0.05, 0) is 64.2 Å². The lowest BCUT2D eigenvalue weighted by Gasteiger charge is -2.20. The van der Waals surface area contributed by atoms with Crippen LogP contribution in [0.2, 0.25) is 0 Å². The lowest BCUT2D eigenvalue weighted by Crippen LogP contribution is -2.28. The molecule has 0 radical (unpaired) electrons. The van der Waals surface area contributed by atoms with Gasteiger partial charge in [0.1, 0.15) is 6.10 Å². The number of rotatable bonds is 42. The van der Waals surface area contributed by atoms with Crippen LogP contribution >= 0.6 is 7.82 Å². The highest BCUT2D eigenvalue weighted by molar-refractivity contribution is 7.47. The second-order valence-corrected chi connectivity index (χ2v) is 16.0. The number of phosphoric ester groups is 1. The molecule has 324 valence electrons. The summed E-state index contributed by atoms with van der Waals surface area (Å²) >= 11 is 0. The maximum Gasteiger partial charge on any atom is 0.472 e. The van der Waals surface area contributed by atoms with Crippen LogP contribution in [0, 0.1) is 0 Å². The summed E-state index contributed by atoms with van der Waals surface area (Å²) in [5.74, 6) is -0.340. The molecule has 0 bridgehead atoms. The van der Waals surface area contributed by atoms with Gasteiger partial charge in [-0.2, -0.15) is 0 Å². The van der Waals surface area contributed by atoms with Crippen molar-refractivity contribution in [3.05, 3.63) is 72.9 Å². The predicted molar refractivity (Wildman–Crippen MR) is 238 cm³/mol. The fourth-order valence-electron chi connectivity index (χ4n) is 5.88. The van der Waals surface area contributed by atoms with Gasteiger partial charge in [-0.1, -0.05) is 183 Å². The molecule has 0 spiro atoms. The molecule has 3 N–H and O–H groups in total. The van der Waals surface area contributed by atoms with Crippen LogP contribution < -0.4 is 5.73 Å². The topological polar surface area (TPSA) is 117 Å². The first-order chi connectivity index (χ1) is 27.4. The van der Waals surface area contributed by atoms with E-state index in [1.54, 1.807) is 0 Å². The fraction of sp³-hybridized carbons (Fsp3) is 0.723. The van der Waals surface area contributed by atoms with E-state index in [9.17, 15) is 14.3 Å². The Morgan fingerprint density at radius 3 is 1.50 bits per heavy atom. The van der Waals surface area contributed by atoms with E-state index in [0.29, 0.717) is 13.0 Å². The molecule has 0 aromatic carbocycles. The largest absolute Gasteiger partial charge is 0.472 e. The third kappa shape index (κ3) is 43.1. The second-order valence-electron chi connectivity index (χ2n) is 14.5. The van der Waals surface area contributed by atoms with Crippen LogP contribution in [0.1, 0.15) is 181 Å². The van der Waals surface area contributed by atoms with Crippen molar-refractivity contribution < 1.29 is 32.8 Å². The number of phosphoric acid groups is 1. The van der Waals surface area contributed by atoms with Gasteiger partial charge in [-0.3, -0.25) is 13.8 Å². The SMILES string of the molecule is CC/C=C\C/C=C\C/C=C\C/C=C\C/C=C\C/C=C\CCCCCCCOCC(COP(=O)(O)OCCN)OC(=O)CCCCCCCCCCCCCCC. The van der Waals surface area contributed by atoms with E-state index in [1.165, 1.54) is 77.0 Å². The Morgan fingerprint density at radius 2 is 1.00 bits per heavy atom. The summed E-state index contributed by atoms with van der Waals surface area (Å²) in [4.78, 5) is 22.5. The fourth-order valence-corrected chi connectivity index (χ4v) is 6.65. The summed E-state index contributed by atoms with van der Waals surface area (Å²) in [5, 5.41) is 0. The molecular formula is C47H84NO7P. The van der Waals surface area contributed by atoms with Crippen molar-refractivity contribution in [2.45, 2.75) is 187 Å². The van der Waals surface area contributed by atoms with Crippen LogP contribution in [0.5, 0.6) is 0 Å². The first kappa shape index (κ1) is 53.9. The molecule has 0 aliphatic rings. The zero-order chi connectivity index (χ0) is 40.9. The molecule has 0 saturated carbocycles. The Morgan fingerprint density at radius 1 is 0.554 bits per heavy atom. The van der Waals surface area contributed by atoms with Crippen molar-refractivity contribution in [3.8, 4) is 0 Å². The molecule has 0 aromatic heterocycles. The monoisotopic (exact) mass is 806 g/mol. The Hall–Kier alpha value is -2.06. The van der Waals surface area contributed by atoms with Gasteiger partial charge < -0.3 is 20.1 Å². The maximum atomic E-state index is 12.6. The van der Waals surface area contributed by atoms with E-state index in [1.807, 2.05) is 0 Å². The van der Waals surface area contributed by atoms with Gasteiger partial charge in [-0.25, -0.2) is 4.57 Å². The number of unbranched alkanes of at least 4 members (excludes halogenated alkanes) is 17. The summed E-state index contributed by atoms with van der Waals surface area (Å²) in [6.45, 7) is 4.75. The first-order valence-corrected chi connectivity index (χ1v) is 23.9. The Balaban J connectivity index is 4.05. The number of hydrogen-bond donors (Lipinski definition) is 2. The van der Waals surface area contributed by atoms with E-state index < -0.39 is 13.9 Å². The van der Waals surface area contributed by atoms with E-state index in [4.69, 9.17) is 24.3 Å². The van der Waals surface area contributed by atoms with Gasteiger partial charge >= 0.3 is 13.8 Å². The maximum absolute atomic E-state index is 12.6. The molecule has 0 heterocycles. The minimum Gasteiger partial charge on any atom is -0.457 e. The number of nitrogens with two attached hydrogens (primary N) is 1. The first-order valence-electron chi connectivity index (χ1n) is 22.4. The third-order valence-corrected chi connectivity index (χ3v) is 10.1. The molecule has 2 atom stereocenters. The molecule has 0 fully saturated rings. The molecule has 56 heavy (non-hydrogen) atoms. The highest BCUT2D eigenvalue weighted by Gasteiger charge is 2.25. The molecule has 0 aliphatic carbocycles. The summed E-state index contributed by atoms with van der Waals surface area (Å²) in [6.07, 6.45) is 54.9. The lowest BCUT2D eigenvalue weighted by atomic mass is 10.0. The molecule has 0 aromatic rings. The van der Waals surface area contributed by atoms with Gasteiger partial charge in [0.05, 0.1) is 19.8 Å². The van der Waals surface area contributed by atoms with Crippen LogP contribution in [0.15, 0.2) is 72.9 Å². The van der Waals surface area contributed by atoms with Crippen molar-refractivity contribution in [2.24, 2.45) is 5.73 Å². The molecule has 0 saturated heterocycles. The lowest BCUT2D eigenvalue weighted by molar-refractivity contribution is -0.154. The summed E-state index contributed by atoms with van der Waals surface area (Å²) in [6, 6.07) is 0. The Labute approximate surface area is 344 Å². The zero-order valence-electron chi connectivity index (χ0n) is 35.8. The van der Waals surface area contributed by atoms with Crippen LogP contribution in [0.4, 0.5) is 0 Å². The molecule has 2 unspecified atom stereocenters. The van der Waals surface area contributed by atoms with E-state index in [-0.39, 0.29) is 32.3 Å². The van der Waals surface area contributed by atoms with Crippen LogP contribution in [-0.2, 0) is 27.9 Å². The number of hydrogen-bond acceptors (Lipinski definition) is 7. The smallest absolute Gasteiger partial charge is 0.457 e. The summed E-state index contributed by atoms with van der Waals surface area (Å²) in [5.41, 5.74) is 5.37. The average Bonchev–Trinajstić information content (AvgIpc) is 3.19. The molecule has 9 heteroatoms. The molecule has 0 aliphatic heterocycles. The van der Waals surface area contributed by atoms with E-state index in [0.717, 1.165) is 83.5 Å². The zero-order valence-corrected chi connectivity index (χ0v) is 36.7. The van der Waals surface area contributed by atoms with Gasteiger partial charge in [0.2, 0.25) is 0 Å².